The van der Waals surface area contributed by atoms with Crippen molar-refractivity contribution in [2.24, 2.45) is 0 Å². The molecule has 0 radical (unpaired) electrons. The number of phenols is 1. The summed E-state index contributed by atoms with van der Waals surface area (Å²) in [6.45, 7) is 0.504. The highest BCUT2D eigenvalue weighted by Gasteiger charge is 2.07. The van der Waals surface area contributed by atoms with E-state index in [1.807, 2.05) is 36.4 Å². The standard InChI is InChI=1S/C16H15N3O2S/c1-21-13-8-6-11(7-9-13)15-18-19-16(22-15)17-10-12-4-2-3-5-14(12)20/h2-9,20H,10H2,1H3,(H,17,19). The van der Waals surface area contributed by atoms with Crippen molar-refractivity contribution in [2.75, 3.05) is 12.4 Å². The number of benzene rings is 2. The number of hydrogen-bond donors (Lipinski definition) is 2. The molecule has 0 saturated heterocycles. The molecular formula is C16H15N3O2S. The second-order valence-electron chi connectivity index (χ2n) is 4.62. The lowest BCUT2D eigenvalue weighted by Gasteiger charge is -2.04. The fourth-order valence-electron chi connectivity index (χ4n) is 1.98. The molecule has 0 unspecified atom stereocenters. The van der Waals surface area contributed by atoms with E-state index >= 15 is 0 Å². The summed E-state index contributed by atoms with van der Waals surface area (Å²) in [6, 6.07) is 14.9. The molecule has 6 heteroatoms. The van der Waals surface area contributed by atoms with Crippen LogP contribution in [0, 0.1) is 0 Å². The van der Waals surface area contributed by atoms with Crippen LogP contribution >= 0.6 is 11.3 Å². The van der Waals surface area contributed by atoms with Crippen molar-refractivity contribution >= 4 is 16.5 Å². The normalized spacial score (nSPS) is 10.4. The van der Waals surface area contributed by atoms with Gasteiger partial charge in [-0.15, -0.1) is 10.2 Å². The number of hydrogen-bond acceptors (Lipinski definition) is 6. The van der Waals surface area contributed by atoms with Crippen molar-refractivity contribution in [1.82, 2.24) is 10.2 Å². The van der Waals surface area contributed by atoms with Crippen molar-refractivity contribution in [3.05, 3.63) is 54.1 Å². The van der Waals surface area contributed by atoms with E-state index in [0.717, 1.165) is 21.9 Å². The maximum Gasteiger partial charge on any atom is 0.206 e. The Labute approximate surface area is 132 Å². The zero-order valence-corrected chi connectivity index (χ0v) is 12.8. The Morgan fingerprint density at radius 2 is 1.86 bits per heavy atom. The van der Waals surface area contributed by atoms with Crippen LogP contribution in [-0.2, 0) is 6.54 Å². The largest absolute Gasteiger partial charge is 0.508 e. The highest BCUT2D eigenvalue weighted by molar-refractivity contribution is 7.18. The number of para-hydroxylation sites is 1. The Morgan fingerprint density at radius 1 is 1.09 bits per heavy atom. The Morgan fingerprint density at radius 3 is 2.59 bits per heavy atom. The molecule has 1 heterocycles. The zero-order valence-electron chi connectivity index (χ0n) is 12.0. The molecular weight excluding hydrogens is 298 g/mol. The lowest BCUT2D eigenvalue weighted by molar-refractivity contribution is 0.415. The molecule has 0 atom stereocenters. The molecule has 3 aromatic rings. The number of aromatic hydroxyl groups is 1. The van der Waals surface area contributed by atoms with Crippen LogP contribution in [0.25, 0.3) is 10.6 Å². The average Bonchev–Trinajstić information content (AvgIpc) is 3.03. The molecule has 0 fully saturated rings. The third kappa shape index (κ3) is 3.17. The van der Waals surface area contributed by atoms with Crippen molar-refractivity contribution in [2.45, 2.75) is 6.54 Å². The smallest absolute Gasteiger partial charge is 0.206 e. The molecule has 0 aliphatic heterocycles. The number of rotatable bonds is 5. The second-order valence-corrected chi connectivity index (χ2v) is 5.60. The van der Waals surface area contributed by atoms with Crippen LogP contribution in [0.2, 0.25) is 0 Å². The minimum atomic E-state index is 0.273. The minimum absolute atomic E-state index is 0.273. The summed E-state index contributed by atoms with van der Waals surface area (Å²) >= 11 is 1.47. The van der Waals surface area contributed by atoms with Crippen LogP contribution in [0.4, 0.5) is 5.13 Å². The van der Waals surface area contributed by atoms with E-state index < -0.39 is 0 Å². The van der Waals surface area contributed by atoms with E-state index in [9.17, 15) is 5.11 Å². The van der Waals surface area contributed by atoms with Gasteiger partial charge in [0.15, 0.2) is 0 Å². The quantitative estimate of drug-likeness (QED) is 0.754. The van der Waals surface area contributed by atoms with Gasteiger partial charge in [0.2, 0.25) is 5.13 Å². The number of nitrogens with one attached hydrogen (secondary N) is 1. The summed E-state index contributed by atoms with van der Waals surface area (Å²) < 4.78 is 5.14. The molecule has 0 aliphatic rings. The van der Waals surface area contributed by atoms with Crippen LogP contribution in [0.3, 0.4) is 0 Å². The third-order valence-electron chi connectivity index (χ3n) is 3.18. The molecule has 112 valence electrons. The molecule has 1 aromatic heterocycles. The topological polar surface area (TPSA) is 67.3 Å². The summed E-state index contributed by atoms with van der Waals surface area (Å²) in [5.74, 6) is 1.08. The molecule has 0 amide bonds. The van der Waals surface area contributed by atoms with Crippen LogP contribution in [0.5, 0.6) is 11.5 Å². The molecule has 3 rings (SSSR count). The maximum atomic E-state index is 9.74. The van der Waals surface area contributed by atoms with E-state index in [0.29, 0.717) is 11.7 Å². The number of phenolic OH excluding ortho intramolecular Hbond substituents is 1. The first kappa shape index (κ1) is 14.3. The average molecular weight is 313 g/mol. The van der Waals surface area contributed by atoms with Crippen LogP contribution in [0.15, 0.2) is 48.5 Å². The summed E-state index contributed by atoms with van der Waals surface area (Å²) in [4.78, 5) is 0. The van der Waals surface area contributed by atoms with Crippen molar-refractivity contribution in [3.63, 3.8) is 0 Å². The second kappa shape index (κ2) is 6.44. The first-order valence-electron chi connectivity index (χ1n) is 6.75. The lowest BCUT2D eigenvalue weighted by atomic mass is 10.2. The molecule has 0 saturated carbocycles. The lowest BCUT2D eigenvalue weighted by Crippen LogP contribution is -1.98. The van der Waals surface area contributed by atoms with Gasteiger partial charge in [-0.25, -0.2) is 0 Å². The molecule has 0 spiro atoms. The van der Waals surface area contributed by atoms with Crippen LogP contribution in [-0.4, -0.2) is 22.4 Å². The Balaban J connectivity index is 1.69. The fraction of sp³-hybridized carbons (Fsp3) is 0.125. The number of ether oxygens (including phenoxy) is 1. The van der Waals surface area contributed by atoms with E-state index in [4.69, 9.17) is 4.74 Å². The third-order valence-corrected chi connectivity index (χ3v) is 4.11. The number of nitrogens with zero attached hydrogens (tertiary/aromatic N) is 2. The van der Waals surface area contributed by atoms with Gasteiger partial charge in [0.05, 0.1) is 7.11 Å². The molecule has 5 nitrogen and oxygen atoms in total. The molecule has 2 N–H and O–H groups in total. The van der Waals surface area contributed by atoms with Gasteiger partial charge >= 0.3 is 0 Å². The van der Waals surface area contributed by atoms with Crippen molar-refractivity contribution in [3.8, 4) is 22.1 Å². The van der Waals surface area contributed by atoms with Gasteiger partial charge in [-0.3, -0.25) is 0 Å². The van der Waals surface area contributed by atoms with Gasteiger partial charge in [-0.1, -0.05) is 29.5 Å². The monoisotopic (exact) mass is 313 g/mol. The molecule has 0 bridgehead atoms. The highest BCUT2D eigenvalue weighted by atomic mass is 32.1. The summed E-state index contributed by atoms with van der Waals surface area (Å²) in [5, 5.41) is 22.8. The Bertz CT molecular complexity index is 756. The van der Waals surface area contributed by atoms with Crippen LogP contribution < -0.4 is 10.1 Å². The predicted molar refractivity (Wildman–Crippen MR) is 87.3 cm³/mol. The maximum absolute atomic E-state index is 9.74. The Kier molecular flexibility index (Phi) is 4.20. The number of aromatic nitrogens is 2. The van der Waals surface area contributed by atoms with E-state index in [2.05, 4.69) is 15.5 Å². The first-order chi connectivity index (χ1) is 10.8. The Hall–Kier alpha value is -2.60. The van der Waals surface area contributed by atoms with Gasteiger partial charge < -0.3 is 15.2 Å². The highest BCUT2D eigenvalue weighted by Crippen LogP contribution is 2.28. The summed E-state index contributed by atoms with van der Waals surface area (Å²) in [7, 11) is 1.64. The SMILES string of the molecule is COc1ccc(-c2nnc(NCc3ccccc3O)s2)cc1. The number of anilines is 1. The fourth-order valence-corrected chi connectivity index (χ4v) is 2.72. The van der Waals surface area contributed by atoms with Gasteiger partial charge in [-0.05, 0) is 30.3 Å². The minimum Gasteiger partial charge on any atom is -0.508 e. The molecule has 0 aliphatic carbocycles. The zero-order chi connectivity index (χ0) is 15.4. The first-order valence-corrected chi connectivity index (χ1v) is 7.56. The van der Waals surface area contributed by atoms with Gasteiger partial charge in [0.1, 0.15) is 16.5 Å². The van der Waals surface area contributed by atoms with Crippen LogP contribution in [0.1, 0.15) is 5.56 Å². The van der Waals surface area contributed by atoms with E-state index in [1.54, 1.807) is 19.2 Å². The predicted octanol–water partition coefficient (Wildman–Crippen LogP) is 3.53. The van der Waals surface area contributed by atoms with Gasteiger partial charge in [0, 0.05) is 17.7 Å². The number of methoxy groups -OCH3 is 1. The molecule has 22 heavy (non-hydrogen) atoms. The summed E-state index contributed by atoms with van der Waals surface area (Å²) in [5.41, 5.74) is 1.82. The molecule has 2 aromatic carbocycles. The summed E-state index contributed by atoms with van der Waals surface area (Å²) in [6.07, 6.45) is 0. The van der Waals surface area contributed by atoms with E-state index in [-0.39, 0.29) is 5.75 Å². The van der Waals surface area contributed by atoms with Gasteiger partial charge in [0.25, 0.3) is 0 Å². The van der Waals surface area contributed by atoms with Crippen molar-refractivity contribution in [1.29, 1.82) is 0 Å². The van der Waals surface area contributed by atoms with Crippen molar-refractivity contribution < 1.29 is 9.84 Å². The van der Waals surface area contributed by atoms with Gasteiger partial charge in [-0.2, -0.15) is 0 Å². The van der Waals surface area contributed by atoms with E-state index in [1.165, 1.54) is 11.3 Å².